The first-order valence-corrected chi connectivity index (χ1v) is 20.5. The van der Waals surface area contributed by atoms with E-state index in [-0.39, 0.29) is 50.6 Å². The van der Waals surface area contributed by atoms with Crippen molar-refractivity contribution in [2.24, 2.45) is 22.9 Å². The van der Waals surface area contributed by atoms with Crippen molar-refractivity contribution < 1.29 is 38.8 Å². The number of benzene rings is 3. The second-order valence-electron chi connectivity index (χ2n) is 14.4. The Kier molecular flexibility index (Phi) is 14.0. The van der Waals surface area contributed by atoms with Crippen LogP contribution in [0, 0.1) is 17.8 Å². The van der Waals surface area contributed by atoms with Crippen LogP contribution in [0.2, 0.25) is 0 Å². The van der Waals surface area contributed by atoms with Gasteiger partial charge < -0.3 is 38.9 Å². The number of ether oxygens (including phenoxy) is 4. The van der Waals surface area contributed by atoms with Gasteiger partial charge in [-0.05, 0) is 97.4 Å². The molecular formula is C44H54N2O8S. The van der Waals surface area contributed by atoms with Crippen molar-refractivity contribution >= 4 is 23.6 Å². The van der Waals surface area contributed by atoms with Crippen LogP contribution in [0.3, 0.4) is 0 Å². The van der Waals surface area contributed by atoms with Crippen molar-refractivity contribution in [2.45, 2.75) is 74.2 Å². The Hall–Kier alpha value is -4.29. The Morgan fingerprint density at radius 1 is 1.02 bits per heavy atom. The van der Waals surface area contributed by atoms with Gasteiger partial charge in [0.1, 0.15) is 29.9 Å². The maximum absolute atomic E-state index is 13.4. The summed E-state index contributed by atoms with van der Waals surface area (Å²) in [6.07, 6.45) is 10.6. The summed E-state index contributed by atoms with van der Waals surface area (Å²) in [7, 11) is 3.08. The van der Waals surface area contributed by atoms with Crippen LogP contribution in [0.15, 0.2) is 107 Å². The fourth-order valence-electron chi connectivity index (χ4n) is 8.60. The Balaban J connectivity index is 1.54. The van der Waals surface area contributed by atoms with Gasteiger partial charge in [-0.2, -0.15) is 0 Å². The zero-order valence-electron chi connectivity index (χ0n) is 32.1. The molecule has 0 radical (unpaired) electrons. The summed E-state index contributed by atoms with van der Waals surface area (Å²) in [4.78, 5) is 22.2. The highest BCUT2D eigenvalue weighted by Crippen LogP contribution is 2.62. The van der Waals surface area contributed by atoms with Crippen LogP contribution in [-0.2, 0) is 20.9 Å². The van der Waals surface area contributed by atoms with Gasteiger partial charge in [-0.1, -0.05) is 60.5 Å². The number of aliphatic hydroxyl groups is 2. The number of amides is 1. The molecule has 11 heteroatoms. The number of aliphatic hydroxyl groups excluding tert-OH is 2. The number of oxime groups is 1. The van der Waals surface area contributed by atoms with Crippen LogP contribution in [0.4, 0.5) is 4.79 Å². The lowest BCUT2D eigenvalue weighted by Gasteiger charge is -2.59. The molecule has 1 heterocycles. The van der Waals surface area contributed by atoms with Gasteiger partial charge in [0.2, 0.25) is 5.79 Å². The van der Waals surface area contributed by atoms with Crippen molar-refractivity contribution in [3.63, 3.8) is 0 Å². The average molecular weight is 771 g/mol. The quantitative estimate of drug-likeness (QED) is 0.0567. The van der Waals surface area contributed by atoms with E-state index in [9.17, 15) is 15.0 Å². The Morgan fingerprint density at radius 2 is 1.75 bits per heavy atom. The molecule has 1 aliphatic heterocycles. The largest absolute Gasteiger partial charge is 0.459 e. The summed E-state index contributed by atoms with van der Waals surface area (Å²) in [6.45, 7) is 4.67. The molecule has 10 nitrogen and oxygen atoms in total. The Morgan fingerprint density at radius 3 is 2.44 bits per heavy atom. The zero-order valence-corrected chi connectivity index (χ0v) is 32.9. The van der Waals surface area contributed by atoms with Crippen LogP contribution < -0.4 is 9.47 Å². The standard InChI is InChI=1S/C44H54N2O8S/c1-5-25-51-44-40(46(2)43(49)50-3)28-38(45-52-29-30-13-7-6-8-14-30)36-26-31(15-9-11-23-47)35(16-10-12-24-48)41(42(36)44)37-27-33(19-22-39(37)54-44)53-32-17-20-34(55-4)21-18-32/h5-8,13-14,17-22,26-27,31,35,40-42,47-48H,1,9-12,15-16,23-25,28-29H2,2-4H3/t31-,35+,40-,41+,42+,44+/m0/s1. The highest BCUT2D eigenvalue weighted by Gasteiger charge is 2.65. The number of thioether (sulfide) groups is 1. The molecule has 1 saturated carbocycles. The maximum Gasteiger partial charge on any atom is 0.409 e. The second kappa shape index (κ2) is 19.0. The number of rotatable bonds is 18. The third-order valence-electron chi connectivity index (χ3n) is 11.1. The molecule has 0 bridgehead atoms. The summed E-state index contributed by atoms with van der Waals surface area (Å²) in [5.74, 6) is 0.338. The van der Waals surface area contributed by atoms with E-state index in [1.807, 2.05) is 73.0 Å². The van der Waals surface area contributed by atoms with Crippen molar-refractivity contribution in [3.05, 3.63) is 108 Å². The fourth-order valence-corrected chi connectivity index (χ4v) is 9.01. The lowest BCUT2D eigenvalue weighted by Crippen LogP contribution is -2.69. The predicted molar refractivity (Wildman–Crippen MR) is 215 cm³/mol. The summed E-state index contributed by atoms with van der Waals surface area (Å²) < 4.78 is 25.8. The smallest absolute Gasteiger partial charge is 0.409 e. The molecular weight excluding hydrogens is 717 g/mol. The topological polar surface area (TPSA) is 119 Å². The molecule has 0 unspecified atom stereocenters. The molecule has 55 heavy (non-hydrogen) atoms. The van der Waals surface area contributed by atoms with Gasteiger partial charge in [0, 0.05) is 43.1 Å². The maximum atomic E-state index is 13.4. The first-order valence-electron chi connectivity index (χ1n) is 19.2. The molecule has 3 aromatic carbocycles. The van der Waals surface area contributed by atoms with Gasteiger partial charge in [0.15, 0.2) is 0 Å². The minimum Gasteiger partial charge on any atom is -0.459 e. The van der Waals surface area contributed by atoms with E-state index in [4.69, 9.17) is 28.9 Å². The normalized spacial score (nSPS) is 24.5. The molecule has 0 saturated heterocycles. The predicted octanol–water partition coefficient (Wildman–Crippen LogP) is 8.73. The number of hydrogen-bond donors (Lipinski definition) is 2. The molecule has 1 fully saturated rings. The molecule has 3 aliphatic rings. The van der Waals surface area contributed by atoms with Crippen molar-refractivity contribution in [1.29, 1.82) is 0 Å². The van der Waals surface area contributed by atoms with Crippen LogP contribution in [-0.4, -0.2) is 79.0 Å². The van der Waals surface area contributed by atoms with Crippen molar-refractivity contribution in [3.8, 4) is 17.2 Å². The molecule has 6 atom stereocenters. The Labute approximate surface area is 329 Å². The van der Waals surface area contributed by atoms with Crippen molar-refractivity contribution in [2.75, 3.05) is 40.2 Å². The number of fused-ring (bicyclic) bond motifs is 2. The van der Waals surface area contributed by atoms with Gasteiger partial charge in [-0.25, -0.2) is 4.79 Å². The Bertz CT molecular complexity index is 1800. The third-order valence-corrected chi connectivity index (χ3v) is 11.9. The van der Waals surface area contributed by atoms with Gasteiger partial charge in [0.25, 0.3) is 0 Å². The van der Waals surface area contributed by atoms with E-state index in [2.05, 4.69) is 18.7 Å². The molecule has 3 aromatic rings. The SMILES string of the molecule is C=CCO[C@@]12Oc3ccc(Oc4ccc(SC)cc4)cc3[C@H]3[C@H](CCCCO)[C@@H](CCCCO)C=C(C(=NOCc4ccccc4)C[C@@H]1N(C)C(=O)OC)[C@H]32. The van der Waals surface area contributed by atoms with Gasteiger partial charge >= 0.3 is 6.09 Å². The molecule has 0 aromatic heterocycles. The van der Waals surface area contributed by atoms with Gasteiger partial charge in [0.05, 0.1) is 25.3 Å². The number of unbranched alkanes of at least 4 members (excludes halogenated alkanes) is 2. The molecule has 2 aliphatic carbocycles. The third kappa shape index (κ3) is 8.91. The van der Waals surface area contributed by atoms with E-state index in [0.29, 0.717) is 24.3 Å². The summed E-state index contributed by atoms with van der Waals surface area (Å²) >= 11 is 1.68. The lowest BCUT2D eigenvalue weighted by atomic mass is 9.55. The van der Waals surface area contributed by atoms with Gasteiger partial charge in [-0.15, -0.1) is 18.3 Å². The monoisotopic (exact) mass is 770 g/mol. The minimum atomic E-state index is -1.35. The highest BCUT2D eigenvalue weighted by molar-refractivity contribution is 7.98. The number of nitrogens with zero attached hydrogens (tertiary/aromatic N) is 2. The van der Waals surface area contributed by atoms with Gasteiger partial charge in [-0.3, -0.25) is 0 Å². The fraction of sp³-hybridized carbons (Fsp3) is 0.455. The summed E-state index contributed by atoms with van der Waals surface area (Å²) in [5.41, 5.74) is 3.66. The first kappa shape index (κ1) is 40.4. The number of hydrogen-bond acceptors (Lipinski definition) is 10. The second-order valence-corrected chi connectivity index (χ2v) is 15.3. The van der Waals surface area contributed by atoms with Crippen LogP contribution in [0.1, 0.15) is 62.0 Å². The first-order chi connectivity index (χ1) is 26.9. The minimum absolute atomic E-state index is 0.0955. The number of carbonyl (C=O) groups excluding carboxylic acids is 1. The molecule has 294 valence electrons. The van der Waals surface area contributed by atoms with Crippen LogP contribution >= 0.6 is 11.8 Å². The molecule has 6 rings (SSSR count). The van der Waals surface area contributed by atoms with E-state index >= 15 is 0 Å². The molecule has 0 spiro atoms. The van der Waals surface area contributed by atoms with Crippen LogP contribution in [0.25, 0.3) is 0 Å². The number of likely N-dealkylation sites (N-methyl/N-ethyl adjacent to an activating group) is 1. The van der Waals surface area contributed by atoms with E-state index in [1.165, 1.54) is 7.11 Å². The van der Waals surface area contributed by atoms with E-state index < -0.39 is 23.8 Å². The lowest BCUT2D eigenvalue weighted by molar-refractivity contribution is -0.253. The summed E-state index contributed by atoms with van der Waals surface area (Å²) in [6, 6.07) is 23.2. The molecule has 2 N–H and O–H groups in total. The van der Waals surface area contributed by atoms with E-state index in [0.717, 1.165) is 58.7 Å². The number of allylic oxidation sites excluding steroid dienone is 1. The van der Waals surface area contributed by atoms with E-state index in [1.54, 1.807) is 29.8 Å². The average Bonchev–Trinajstić information content (AvgIpc) is 3.21. The van der Waals surface area contributed by atoms with Crippen molar-refractivity contribution in [1.82, 2.24) is 4.90 Å². The zero-order chi connectivity index (χ0) is 38.8. The summed E-state index contributed by atoms with van der Waals surface area (Å²) in [5, 5.41) is 24.5. The number of carbonyl (C=O) groups is 1. The highest BCUT2D eigenvalue weighted by atomic mass is 32.2. The molecule has 1 amide bonds. The van der Waals surface area contributed by atoms with Crippen LogP contribution in [0.5, 0.6) is 17.2 Å². The number of methoxy groups -OCH3 is 1.